The molecule has 96 valence electrons. The zero-order valence-electron chi connectivity index (χ0n) is 9.88. The molecule has 2 N–H and O–H groups in total. The molecule has 0 aliphatic rings. The minimum Gasteiger partial charge on any atom is -0.289 e. The van der Waals surface area contributed by atoms with Crippen molar-refractivity contribution in [3.05, 3.63) is 63.7 Å². The summed E-state index contributed by atoms with van der Waals surface area (Å²) < 4.78 is 2.53. The van der Waals surface area contributed by atoms with Gasteiger partial charge in [0.05, 0.1) is 11.2 Å². The first kappa shape index (κ1) is 13.8. The number of pyridine rings is 1. The molecule has 0 unspecified atom stereocenters. The summed E-state index contributed by atoms with van der Waals surface area (Å²) in [5.41, 5.74) is 6.38. The summed E-state index contributed by atoms with van der Waals surface area (Å²) in [5, 5.41) is 0.551. The number of carbonyl (C=O) groups is 1. The van der Waals surface area contributed by atoms with Crippen molar-refractivity contribution in [1.82, 2.24) is 0 Å². The number of hydrogen-bond acceptors (Lipinski definition) is 2. The van der Waals surface area contributed by atoms with E-state index in [1.165, 1.54) is 6.08 Å². The first-order chi connectivity index (χ1) is 9.06. The van der Waals surface area contributed by atoms with Gasteiger partial charge in [-0.05, 0) is 30.3 Å². The van der Waals surface area contributed by atoms with Gasteiger partial charge in [-0.1, -0.05) is 27.5 Å². The lowest BCUT2D eigenvalue weighted by atomic mass is 10.1. The number of benzene rings is 1. The Labute approximate surface area is 124 Å². The second kappa shape index (κ2) is 5.99. The van der Waals surface area contributed by atoms with Crippen LogP contribution in [0.25, 0.3) is 6.20 Å². The molecule has 2 aromatic rings. The van der Waals surface area contributed by atoms with Crippen molar-refractivity contribution >= 4 is 45.3 Å². The summed E-state index contributed by atoms with van der Waals surface area (Å²) in [5.74, 6) is 0.406. The van der Waals surface area contributed by atoms with Crippen LogP contribution in [-0.2, 0) is 0 Å². The normalized spacial score (nSPS) is 10.8. The van der Waals surface area contributed by atoms with E-state index in [0.29, 0.717) is 16.4 Å². The van der Waals surface area contributed by atoms with Crippen molar-refractivity contribution < 1.29 is 9.36 Å². The Bertz CT molecular complexity index is 638. The molecule has 1 aromatic heterocycles. The Morgan fingerprint density at radius 3 is 2.58 bits per heavy atom. The Morgan fingerprint density at radius 2 is 1.89 bits per heavy atom. The second-order valence-electron chi connectivity index (χ2n) is 3.87. The van der Waals surface area contributed by atoms with Crippen LogP contribution < -0.4 is 10.3 Å². The van der Waals surface area contributed by atoms with Crippen molar-refractivity contribution in [2.24, 2.45) is 0 Å². The number of aromatic nitrogens is 1. The van der Waals surface area contributed by atoms with Crippen LogP contribution in [0.3, 0.4) is 0 Å². The maximum Gasteiger partial charge on any atom is 0.277 e. The number of nitrogens with two attached hydrogens (primary N) is 1. The molecule has 0 fully saturated rings. The molecular formula is C14H11BrClN2O+. The van der Waals surface area contributed by atoms with E-state index in [-0.39, 0.29) is 5.78 Å². The molecular weight excluding hydrogens is 328 g/mol. The molecule has 2 rings (SSSR count). The van der Waals surface area contributed by atoms with Gasteiger partial charge < -0.3 is 0 Å². The summed E-state index contributed by atoms with van der Waals surface area (Å²) in [6.45, 7) is 0. The van der Waals surface area contributed by atoms with Crippen molar-refractivity contribution in [1.29, 1.82) is 0 Å². The predicted octanol–water partition coefficient (Wildman–Crippen LogP) is 3.33. The molecule has 1 aromatic carbocycles. The Hall–Kier alpha value is -1.65. The molecule has 3 nitrogen and oxygen atoms in total. The summed E-state index contributed by atoms with van der Waals surface area (Å²) in [6, 6.07) is 10.5. The maximum absolute atomic E-state index is 11.9. The van der Waals surface area contributed by atoms with Gasteiger partial charge in [0.2, 0.25) is 0 Å². The highest BCUT2D eigenvalue weighted by Gasteiger charge is 2.04. The average molecular weight is 339 g/mol. The molecule has 0 spiro atoms. The molecule has 0 atom stereocenters. The van der Waals surface area contributed by atoms with Crippen molar-refractivity contribution in [2.45, 2.75) is 0 Å². The number of halogens is 2. The van der Waals surface area contributed by atoms with Gasteiger partial charge in [0.25, 0.3) is 5.82 Å². The van der Waals surface area contributed by atoms with Gasteiger partial charge in [-0.25, -0.2) is 4.57 Å². The third kappa shape index (κ3) is 3.66. The van der Waals surface area contributed by atoms with E-state index in [4.69, 9.17) is 17.3 Å². The van der Waals surface area contributed by atoms with Gasteiger partial charge in [-0.3, -0.25) is 10.5 Å². The number of anilines is 1. The molecule has 0 amide bonds. The zero-order chi connectivity index (χ0) is 13.8. The number of nitrogen functional groups attached to an aromatic ring is 1. The minimum absolute atomic E-state index is 0.0978. The van der Waals surface area contributed by atoms with E-state index in [1.54, 1.807) is 41.2 Å². The summed E-state index contributed by atoms with van der Waals surface area (Å²) in [7, 11) is 0. The van der Waals surface area contributed by atoms with Crippen LogP contribution in [0.5, 0.6) is 0 Å². The Kier molecular flexibility index (Phi) is 4.35. The number of nitrogens with zero attached hydrogens (tertiary/aromatic N) is 1. The lowest BCUT2D eigenvalue weighted by Crippen LogP contribution is -2.30. The topological polar surface area (TPSA) is 47.0 Å². The number of allylic oxidation sites excluding steroid dienone is 1. The van der Waals surface area contributed by atoms with Crippen LogP contribution in [0.2, 0.25) is 5.02 Å². The number of ketones is 1. The highest BCUT2D eigenvalue weighted by molar-refractivity contribution is 9.10. The molecule has 0 aliphatic carbocycles. The lowest BCUT2D eigenvalue weighted by Gasteiger charge is -1.98. The fourth-order valence-electron chi connectivity index (χ4n) is 1.49. The number of carbonyl (C=O) groups excluding carboxylic acids is 1. The number of rotatable bonds is 3. The fourth-order valence-corrected chi connectivity index (χ4v) is 1.92. The van der Waals surface area contributed by atoms with Crippen molar-refractivity contribution in [2.75, 3.05) is 5.73 Å². The minimum atomic E-state index is -0.0978. The molecule has 0 aliphatic heterocycles. The van der Waals surface area contributed by atoms with Crippen LogP contribution in [-0.4, -0.2) is 5.78 Å². The smallest absolute Gasteiger partial charge is 0.277 e. The SMILES string of the molecule is Nc1ccc(Cl)c[n+]1C=CC(=O)c1ccc(Br)cc1. The van der Waals surface area contributed by atoms with Gasteiger partial charge in [0.1, 0.15) is 6.20 Å². The van der Waals surface area contributed by atoms with Crippen LogP contribution in [0.1, 0.15) is 10.4 Å². The molecule has 19 heavy (non-hydrogen) atoms. The van der Waals surface area contributed by atoms with Crippen LogP contribution in [0.15, 0.2) is 53.1 Å². The third-order valence-electron chi connectivity index (χ3n) is 2.49. The van der Waals surface area contributed by atoms with Crippen molar-refractivity contribution in [3.63, 3.8) is 0 Å². The maximum atomic E-state index is 11.9. The van der Waals surface area contributed by atoms with Gasteiger partial charge in [0.15, 0.2) is 5.78 Å². The monoisotopic (exact) mass is 337 g/mol. The summed E-state index contributed by atoms with van der Waals surface area (Å²) >= 11 is 9.19. The first-order valence-corrected chi connectivity index (χ1v) is 6.67. The molecule has 0 saturated heterocycles. The molecule has 1 heterocycles. The number of hydrogen-bond donors (Lipinski definition) is 1. The molecule has 0 saturated carbocycles. The van der Waals surface area contributed by atoms with E-state index in [2.05, 4.69) is 15.9 Å². The Balaban J connectivity index is 2.20. The standard InChI is InChI=1S/C14H10BrClN2O/c15-11-3-1-10(2-4-11)13(19)7-8-18-9-12(16)5-6-14(18)17/h1-9,17H/p+1. The molecule has 0 radical (unpaired) electrons. The molecule has 5 heteroatoms. The highest BCUT2D eigenvalue weighted by atomic mass is 79.9. The van der Waals surface area contributed by atoms with E-state index in [9.17, 15) is 4.79 Å². The zero-order valence-corrected chi connectivity index (χ0v) is 12.2. The Morgan fingerprint density at radius 1 is 1.21 bits per heavy atom. The van der Waals surface area contributed by atoms with E-state index >= 15 is 0 Å². The van der Waals surface area contributed by atoms with Gasteiger partial charge in [0, 0.05) is 22.2 Å². The largest absolute Gasteiger partial charge is 0.289 e. The fraction of sp³-hybridized carbons (Fsp3) is 0. The van der Waals surface area contributed by atoms with E-state index in [0.717, 1.165) is 4.47 Å². The van der Waals surface area contributed by atoms with Crippen LogP contribution >= 0.6 is 27.5 Å². The first-order valence-electron chi connectivity index (χ1n) is 5.50. The summed E-state index contributed by atoms with van der Waals surface area (Å²) in [4.78, 5) is 11.9. The second-order valence-corrected chi connectivity index (χ2v) is 5.22. The highest BCUT2D eigenvalue weighted by Crippen LogP contribution is 2.11. The summed E-state index contributed by atoms with van der Waals surface area (Å²) in [6.07, 6.45) is 4.68. The predicted molar refractivity (Wildman–Crippen MR) is 79.9 cm³/mol. The van der Waals surface area contributed by atoms with E-state index in [1.807, 2.05) is 12.1 Å². The third-order valence-corrected chi connectivity index (χ3v) is 3.24. The average Bonchev–Trinajstić information content (AvgIpc) is 2.40. The molecule has 0 bridgehead atoms. The van der Waals surface area contributed by atoms with Gasteiger partial charge in [-0.15, -0.1) is 0 Å². The van der Waals surface area contributed by atoms with Crippen LogP contribution in [0, 0.1) is 0 Å². The van der Waals surface area contributed by atoms with Gasteiger partial charge >= 0.3 is 0 Å². The van der Waals surface area contributed by atoms with Gasteiger partial charge in [-0.2, -0.15) is 0 Å². The van der Waals surface area contributed by atoms with E-state index < -0.39 is 0 Å². The lowest BCUT2D eigenvalue weighted by molar-refractivity contribution is -0.552. The van der Waals surface area contributed by atoms with Crippen LogP contribution in [0.4, 0.5) is 5.82 Å². The quantitative estimate of drug-likeness (QED) is 0.530. The van der Waals surface area contributed by atoms with Crippen molar-refractivity contribution in [3.8, 4) is 0 Å².